The van der Waals surface area contributed by atoms with Crippen molar-refractivity contribution < 1.29 is 0 Å². The van der Waals surface area contributed by atoms with Gasteiger partial charge in [-0.05, 0) is 57.1 Å². The normalized spacial score (nSPS) is 20.4. The maximum atomic E-state index is 3.48. The first-order valence-electron chi connectivity index (χ1n) is 7.87. The molecular weight excluding hydrogens is 246 g/mol. The van der Waals surface area contributed by atoms with E-state index in [9.17, 15) is 0 Å². The van der Waals surface area contributed by atoms with Crippen LogP contribution in [-0.2, 0) is 6.54 Å². The minimum absolute atomic E-state index is 0.634. The smallest absolute Gasteiger partial charge is 0.0370 e. The second-order valence-electron chi connectivity index (χ2n) is 6.06. The summed E-state index contributed by atoms with van der Waals surface area (Å²) in [6, 6.07) is 7.56. The molecule has 1 unspecified atom stereocenters. The Labute approximate surface area is 124 Å². The molecule has 0 aliphatic carbocycles. The van der Waals surface area contributed by atoms with Gasteiger partial charge in [0.15, 0.2) is 0 Å². The number of piperazine rings is 1. The van der Waals surface area contributed by atoms with Crippen molar-refractivity contribution in [3.63, 3.8) is 0 Å². The van der Waals surface area contributed by atoms with E-state index in [4.69, 9.17) is 0 Å². The lowest BCUT2D eigenvalue weighted by Gasteiger charge is -2.39. The van der Waals surface area contributed by atoms with Crippen LogP contribution in [0.5, 0.6) is 0 Å². The van der Waals surface area contributed by atoms with E-state index in [1.807, 2.05) is 0 Å². The van der Waals surface area contributed by atoms with Gasteiger partial charge >= 0.3 is 0 Å². The number of hydrogen-bond donors (Lipinski definition) is 1. The van der Waals surface area contributed by atoms with Crippen molar-refractivity contribution in [2.24, 2.45) is 0 Å². The van der Waals surface area contributed by atoms with Crippen LogP contribution in [0.3, 0.4) is 0 Å². The van der Waals surface area contributed by atoms with Crippen molar-refractivity contribution >= 4 is 5.69 Å². The molecule has 1 aromatic carbocycles. The van der Waals surface area contributed by atoms with E-state index < -0.39 is 0 Å². The molecule has 3 nitrogen and oxygen atoms in total. The van der Waals surface area contributed by atoms with Crippen LogP contribution < -0.4 is 10.2 Å². The number of nitrogens with zero attached hydrogens (tertiary/aromatic N) is 2. The van der Waals surface area contributed by atoms with Crippen LogP contribution in [-0.4, -0.2) is 44.2 Å². The molecule has 0 amide bonds. The third-order valence-electron chi connectivity index (χ3n) is 4.39. The van der Waals surface area contributed by atoms with Crippen molar-refractivity contribution in [2.75, 3.05) is 38.1 Å². The highest BCUT2D eigenvalue weighted by Crippen LogP contribution is 2.22. The van der Waals surface area contributed by atoms with E-state index in [-0.39, 0.29) is 0 Å². The average molecular weight is 275 g/mol. The molecule has 1 fully saturated rings. The zero-order chi connectivity index (χ0) is 14.5. The molecule has 0 radical (unpaired) electrons. The third kappa shape index (κ3) is 3.74. The Bertz CT molecular complexity index is 430. The number of likely N-dealkylation sites (N-methyl/N-ethyl adjacent to an activating group) is 1. The molecule has 2 rings (SSSR count). The molecule has 1 heterocycles. The zero-order valence-electron chi connectivity index (χ0n) is 13.4. The predicted octanol–water partition coefficient (Wildman–Crippen LogP) is 2.63. The summed E-state index contributed by atoms with van der Waals surface area (Å²) in [6.07, 6.45) is 1.19. The Balaban J connectivity index is 2.01. The summed E-state index contributed by atoms with van der Waals surface area (Å²) in [5, 5.41) is 3.48. The summed E-state index contributed by atoms with van der Waals surface area (Å²) in [5.41, 5.74) is 4.20. The van der Waals surface area contributed by atoms with Gasteiger partial charge in [-0.15, -0.1) is 0 Å². The molecule has 1 N–H and O–H groups in total. The summed E-state index contributed by atoms with van der Waals surface area (Å²) in [7, 11) is 2.22. The number of anilines is 1. The van der Waals surface area contributed by atoms with Crippen molar-refractivity contribution in [3.05, 3.63) is 29.3 Å². The minimum atomic E-state index is 0.634. The highest BCUT2D eigenvalue weighted by molar-refractivity contribution is 5.51. The van der Waals surface area contributed by atoms with Crippen molar-refractivity contribution in [2.45, 2.75) is 39.8 Å². The Morgan fingerprint density at radius 2 is 2.10 bits per heavy atom. The van der Waals surface area contributed by atoms with Gasteiger partial charge in [-0.25, -0.2) is 0 Å². The van der Waals surface area contributed by atoms with Crippen LogP contribution in [0.2, 0.25) is 0 Å². The average Bonchev–Trinajstić information content (AvgIpc) is 2.44. The second kappa shape index (κ2) is 7.09. The molecule has 1 aliphatic rings. The quantitative estimate of drug-likeness (QED) is 0.834. The molecule has 1 saturated heterocycles. The van der Waals surface area contributed by atoms with Gasteiger partial charge in [-0.2, -0.15) is 0 Å². The van der Waals surface area contributed by atoms with Gasteiger partial charge in [0.2, 0.25) is 0 Å². The first-order chi connectivity index (χ1) is 9.61. The lowest BCUT2D eigenvalue weighted by atomic mass is 10.1. The fraction of sp³-hybridized carbons (Fsp3) is 0.647. The molecule has 0 aromatic heterocycles. The third-order valence-corrected chi connectivity index (χ3v) is 4.39. The molecule has 1 aliphatic heterocycles. The summed E-state index contributed by atoms with van der Waals surface area (Å²) < 4.78 is 0. The molecular formula is C17H29N3. The number of rotatable bonds is 5. The lowest BCUT2D eigenvalue weighted by Crippen LogP contribution is -2.50. The van der Waals surface area contributed by atoms with E-state index >= 15 is 0 Å². The minimum Gasteiger partial charge on any atom is -0.369 e. The molecule has 1 atom stereocenters. The lowest BCUT2D eigenvalue weighted by molar-refractivity contribution is 0.234. The van der Waals surface area contributed by atoms with E-state index in [1.54, 1.807) is 0 Å². The van der Waals surface area contributed by atoms with Gasteiger partial charge in [0.05, 0.1) is 0 Å². The fourth-order valence-electron chi connectivity index (χ4n) is 2.76. The summed E-state index contributed by atoms with van der Waals surface area (Å²) in [6.45, 7) is 12.2. The van der Waals surface area contributed by atoms with Crippen molar-refractivity contribution in [1.29, 1.82) is 0 Å². The summed E-state index contributed by atoms with van der Waals surface area (Å²) in [4.78, 5) is 4.95. The van der Waals surface area contributed by atoms with Crippen molar-refractivity contribution in [3.8, 4) is 0 Å². The maximum absolute atomic E-state index is 3.48. The fourth-order valence-corrected chi connectivity index (χ4v) is 2.76. The first kappa shape index (κ1) is 15.3. The van der Waals surface area contributed by atoms with Gasteiger partial charge in [-0.3, -0.25) is 0 Å². The molecule has 0 spiro atoms. The van der Waals surface area contributed by atoms with Crippen LogP contribution in [0.1, 0.15) is 31.4 Å². The zero-order valence-corrected chi connectivity index (χ0v) is 13.4. The van der Waals surface area contributed by atoms with Crippen LogP contribution in [0.4, 0.5) is 5.69 Å². The number of benzene rings is 1. The molecule has 0 saturated carbocycles. The number of nitrogens with one attached hydrogen (secondary N) is 1. The molecule has 3 heteroatoms. The van der Waals surface area contributed by atoms with E-state index in [2.05, 4.69) is 61.1 Å². The molecule has 0 bridgehead atoms. The Hall–Kier alpha value is -1.06. The van der Waals surface area contributed by atoms with Gasteiger partial charge in [-0.1, -0.05) is 13.0 Å². The van der Waals surface area contributed by atoms with Gasteiger partial charge in [0, 0.05) is 37.9 Å². The molecule has 112 valence electrons. The monoisotopic (exact) mass is 275 g/mol. The largest absolute Gasteiger partial charge is 0.369 e. The first-order valence-corrected chi connectivity index (χ1v) is 7.87. The van der Waals surface area contributed by atoms with Gasteiger partial charge < -0.3 is 15.1 Å². The van der Waals surface area contributed by atoms with Crippen LogP contribution in [0.15, 0.2) is 18.2 Å². The van der Waals surface area contributed by atoms with Gasteiger partial charge in [0.25, 0.3) is 0 Å². The Morgan fingerprint density at radius 1 is 1.30 bits per heavy atom. The Morgan fingerprint density at radius 3 is 2.75 bits per heavy atom. The number of hydrogen-bond acceptors (Lipinski definition) is 3. The highest BCUT2D eigenvalue weighted by atomic mass is 15.3. The standard InChI is InChI=1S/C17H29N3/c1-5-8-18-12-16-6-7-17(11-14(16)2)20-10-9-19(4)15(3)13-20/h6-7,11,15,18H,5,8-10,12-13H2,1-4H3. The van der Waals surface area contributed by atoms with E-state index in [0.29, 0.717) is 6.04 Å². The Kier molecular flexibility index (Phi) is 5.44. The van der Waals surface area contributed by atoms with Gasteiger partial charge in [0.1, 0.15) is 0 Å². The topological polar surface area (TPSA) is 18.5 Å². The van der Waals surface area contributed by atoms with E-state index in [1.165, 1.54) is 23.2 Å². The van der Waals surface area contributed by atoms with Crippen LogP contribution in [0, 0.1) is 6.92 Å². The van der Waals surface area contributed by atoms with Crippen LogP contribution >= 0.6 is 0 Å². The van der Waals surface area contributed by atoms with E-state index in [0.717, 1.165) is 32.7 Å². The van der Waals surface area contributed by atoms with Crippen LogP contribution in [0.25, 0.3) is 0 Å². The highest BCUT2D eigenvalue weighted by Gasteiger charge is 2.20. The molecule has 20 heavy (non-hydrogen) atoms. The van der Waals surface area contributed by atoms with Crippen molar-refractivity contribution in [1.82, 2.24) is 10.2 Å². The number of aryl methyl sites for hydroxylation is 1. The predicted molar refractivity (Wildman–Crippen MR) is 87.5 cm³/mol. The summed E-state index contributed by atoms with van der Waals surface area (Å²) in [5.74, 6) is 0. The second-order valence-corrected chi connectivity index (χ2v) is 6.06. The molecule has 1 aromatic rings. The summed E-state index contributed by atoms with van der Waals surface area (Å²) >= 11 is 0. The maximum Gasteiger partial charge on any atom is 0.0370 e. The SMILES string of the molecule is CCCNCc1ccc(N2CCN(C)C(C)C2)cc1C.